The van der Waals surface area contributed by atoms with Crippen LogP contribution < -0.4 is 10.5 Å². The lowest BCUT2D eigenvalue weighted by atomic mass is 10.1. The van der Waals surface area contributed by atoms with E-state index in [1.54, 1.807) is 0 Å². The zero-order chi connectivity index (χ0) is 13.7. The first-order chi connectivity index (χ1) is 8.41. The zero-order valence-electron chi connectivity index (χ0n) is 11.7. The highest BCUT2D eigenvalue weighted by Crippen LogP contribution is 2.24. The molecule has 0 radical (unpaired) electrons. The number of amidine groups is 1. The highest BCUT2D eigenvalue weighted by Gasteiger charge is 2.07. The second-order valence-electron chi connectivity index (χ2n) is 4.86. The summed E-state index contributed by atoms with van der Waals surface area (Å²) in [7, 11) is 4.11. The van der Waals surface area contributed by atoms with E-state index >= 15 is 0 Å². The van der Waals surface area contributed by atoms with Gasteiger partial charge in [-0.2, -0.15) is 0 Å². The molecule has 0 amide bonds. The fourth-order valence-electron chi connectivity index (χ4n) is 1.89. The number of hydrogen-bond donors (Lipinski definition) is 2. The molecule has 0 unspecified atom stereocenters. The number of nitrogens with one attached hydrogen (secondary N) is 1. The standard InChI is InChI=1S/C14H23N3O/c1-10-8-12(14(15)16)9-11(2)13(10)18-7-5-6-17(3)4/h8-9H,5-7H2,1-4H3,(H3,15,16). The molecule has 0 saturated carbocycles. The summed E-state index contributed by atoms with van der Waals surface area (Å²) in [5, 5.41) is 7.45. The van der Waals surface area contributed by atoms with Crippen LogP contribution in [0, 0.1) is 19.3 Å². The van der Waals surface area contributed by atoms with Crippen molar-refractivity contribution in [2.24, 2.45) is 5.73 Å². The summed E-state index contributed by atoms with van der Waals surface area (Å²) >= 11 is 0. The minimum atomic E-state index is 0.0976. The Morgan fingerprint density at radius 2 is 1.83 bits per heavy atom. The van der Waals surface area contributed by atoms with Gasteiger partial charge in [0.1, 0.15) is 11.6 Å². The van der Waals surface area contributed by atoms with Gasteiger partial charge in [-0.25, -0.2) is 0 Å². The average Bonchev–Trinajstić information content (AvgIpc) is 2.26. The highest BCUT2D eigenvalue weighted by atomic mass is 16.5. The van der Waals surface area contributed by atoms with Gasteiger partial charge in [-0.15, -0.1) is 0 Å². The molecule has 0 bridgehead atoms. The van der Waals surface area contributed by atoms with Gasteiger partial charge >= 0.3 is 0 Å². The number of hydrogen-bond acceptors (Lipinski definition) is 3. The number of ether oxygens (including phenoxy) is 1. The van der Waals surface area contributed by atoms with Crippen LogP contribution in [-0.2, 0) is 0 Å². The summed E-state index contributed by atoms with van der Waals surface area (Å²) in [5.74, 6) is 1.01. The summed E-state index contributed by atoms with van der Waals surface area (Å²) in [6, 6.07) is 3.80. The summed E-state index contributed by atoms with van der Waals surface area (Å²) in [5.41, 5.74) is 8.31. The van der Waals surface area contributed by atoms with Crippen molar-refractivity contribution in [3.05, 3.63) is 28.8 Å². The second kappa shape index (κ2) is 6.40. The van der Waals surface area contributed by atoms with Crippen LogP contribution in [0.3, 0.4) is 0 Å². The number of nitrogens with two attached hydrogens (primary N) is 1. The van der Waals surface area contributed by atoms with E-state index in [1.165, 1.54) is 0 Å². The molecule has 0 spiro atoms. The number of aryl methyl sites for hydroxylation is 2. The van der Waals surface area contributed by atoms with Crippen LogP contribution in [0.4, 0.5) is 0 Å². The summed E-state index contributed by atoms with van der Waals surface area (Å²) in [4.78, 5) is 2.14. The molecule has 1 rings (SSSR count). The third-order valence-corrected chi connectivity index (χ3v) is 2.77. The normalized spacial score (nSPS) is 10.7. The molecule has 0 aliphatic rings. The zero-order valence-corrected chi connectivity index (χ0v) is 11.7. The summed E-state index contributed by atoms with van der Waals surface area (Å²) in [6.07, 6.45) is 1.00. The van der Waals surface area contributed by atoms with Crippen molar-refractivity contribution in [3.63, 3.8) is 0 Å². The predicted octanol–water partition coefficient (Wildman–Crippen LogP) is 1.92. The molecule has 1 aromatic carbocycles. The molecule has 18 heavy (non-hydrogen) atoms. The van der Waals surface area contributed by atoms with Crippen LogP contribution in [0.5, 0.6) is 5.75 Å². The monoisotopic (exact) mass is 249 g/mol. The van der Waals surface area contributed by atoms with Crippen LogP contribution in [0.15, 0.2) is 12.1 Å². The third-order valence-electron chi connectivity index (χ3n) is 2.77. The number of rotatable bonds is 6. The minimum absolute atomic E-state index is 0.0976. The van der Waals surface area contributed by atoms with Gasteiger partial charge in [-0.1, -0.05) is 0 Å². The lowest BCUT2D eigenvalue weighted by Crippen LogP contribution is -2.16. The quantitative estimate of drug-likeness (QED) is 0.460. The molecule has 3 N–H and O–H groups in total. The van der Waals surface area contributed by atoms with E-state index in [1.807, 2.05) is 26.0 Å². The van der Waals surface area contributed by atoms with E-state index in [9.17, 15) is 0 Å². The minimum Gasteiger partial charge on any atom is -0.493 e. The predicted molar refractivity (Wildman–Crippen MR) is 75.6 cm³/mol. The Morgan fingerprint density at radius 1 is 1.28 bits per heavy atom. The Morgan fingerprint density at radius 3 is 2.28 bits per heavy atom. The fraction of sp³-hybridized carbons (Fsp3) is 0.500. The maximum absolute atomic E-state index is 7.45. The van der Waals surface area contributed by atoms with Crippen molar-refractivity contribution in [1.82, 2.24) is 4.90 Å². The Bertz CT molecular complexity index is 404. The van der Waals surface area contributed by atoms with Crippen molar-refractivity contribution >= 4 is 5.84 Å². The van der Waals surface area contributed by atoms with Crippen LogP contribution in [0.1, 0.15) is 23.1 Å². The van der Waals surface area contributed by atoms with Crippen molar-refractivity contribution in [3.8, 4) is 5.75 Å². The molecule has 0 heterocycles. The molecule has 4 heteroatoms. The molecule has 0 atom stereocenters. The van der Waals surface area contributed by atoms with Crippen LogP contribution in [0.25, 0.3) is 0 Å². The van der Waals surface area contributed by atoms with Crippen LogP contribution >= 0.6 is 0 Å². The number of nitrogens with zero attached hydrogens (tertiary/aromatic N) is 1. The Labute approximate surface area is 109 Å². The van der Waals surface area contributed by atoms with Gasteiger partial charge in [0.25, 0.3) is 0 Å². The van der Waals surface area contributed by atoms with E-state index in [0.29, 0.717) is 6.61 Å². The van der Waals surface area contributed by atoms with E-state index in [0.717, 1.165) is 35.4 Å². The van der Waals surface area contributed by atoms with Gasteiger partial charge in [0.15, 0.2) is 0 Å². The summed E-state index contributed by atoms with van der Waals surface area (Å²) < 4.78 is 5.81. The van der Waals surface area contributed by atoms with E-state index in [2.05, 4.69) is 19.0 Å². The lowest BCUT2D eigenvalue weighted by Gasteiger charge is -2.15. The Balaban J connectivity index is 2.69. The van der Waals surface area contributed by atoms with Crippen LogP contribution in [-0.4, -0.2) is 38.0 Å². The van der Waals surface area contributed by atoms with Crippen LogP contribution in [0.2, 0.25) is 0 Å². The highest BCUT2D eigenvalue weighted by molar-refractivity contribution is 5.95. The van der Waals surface area contributed by atoms with Crippen molar-refractivity contribution in [1.29, 1.82) is 5.41 Å². The van der Waals surface area contributed by atoms with Gasteiger partial charge in [0.05, 0.1) is 6.61 Å². The van der Waals surface area contributed by atoms with Gasteiger partial charge in [-0.05, 0) is 57.6 Å². The van der Waals surface area contributed by atoms with Crippen molar-refractivity contribution in [2.75, 3.05) is 27.2 Å². The smallest absolute Gasteiger partial charge is 0.125 e. The molecule has 0 aliphatic carbocycles. The number of benzene rings is 1. The molecule has 4 nitrogen and oxygen atoms in total. The lowest BCUT2D eigenvalue weighted by molar-refractivity contribution is 0.279. The van der Waals surface area contributed by atoms with Gasteiger partial charge < -0.3 is 15.4 Å². The first-order valence-electron chi connectivity index (χ1n) is 6.15. The van der Waals surface area contributed by atoms with Crippen molar-refractivity contribution < 1.29 is 4.74 Å². The molecule has 0 aromatic heterocycles. The molecular formula is C14H23N3O. The van der Waals surface area contributed by atoms with E-state index in [-0.39, 0.29) is 5.84 Å². The molecule has 0 aliphatic heterocycles. The first kappa shape index (κ1) is 14.5. The van der Waals surface area contributed by atoms with Crippen molar-refractivity contribution in [2.45, 2.75) is 20.3 Å². The Kier molecular flexibility index (Phi) is 5.16. The molecule has 0 fully saturated rings. The second-order valence-corrected chi connectivity index (χ2v) is 4.86. The molecular weight excluding hydrogens is 226 g/mol. The first-order valence-corrected chi connectivity index (χ1v) is 6.15. The van der Waals surface area contributed by atoms with Gasteiger partial charge in [0, 0.05) is 12.1 Å². The third kappa shape index (κ3) is 4.04. The fourth-order valence-corrected chi connectivity index (χ4v) is 1.89. The molecule has 1 aromatic rings. The Hall–Kier alpha value is -1.55. The largest absolute Gasteiger partial charge is 0.493 e. The topological polar surface area (TPSA) is 62.3 Å². The van der Waals surface area contributed by atoms with E-state index < -0.39 is 0 Å². The van der Waals surface area contributed by atoms with Gasteiger partial charge in [0.2, 0.25) is 0 Å². The van der Waals surface area contributed by atoms with Gasteiger partial charge in [-0.3, -0.25) is 5.41 Å². The maximum Gasteiger partial charge on any atom is 0.125 e. The summed E-state index contributed by atoms with van der Waals surface area (Å²) in [6.45, 7) is 5.70. The molecule has 100 valence electrons. The maximum atomic E-state index is 7.45. The average molecular weight is 249 g/mol. The number of nitrogen functional groups attached to an aromatic ring is 1. The SMILES string of the molecule is Cc1cc(C(=N)N)cc(C)c1OCCCN(C)C. The van der Waals surface area contributed by atoms with E-state index in [4.69, 9.17) is 15.9 Å². The molecule has 0 saturated heterocycles.